The lowest BCUT2D eigenvalue weighted by Crippen LogP contribution is -2.43. The molecule has 1 aromatic heterocycles. The van der Waals surface area contributed by atoms with Crippen molar-refractivity contribution in [1.29, 1.82) is 0 Å². The van der Waals surface area contributed by atoms with Crippen molar-refractivity contribution in [2.24, 2.45) is 5.92 Å². The van der Waals surface area contributed by atoms with Crippen molar-refractivity contribution in [3.63, 3.8) is 0 Å². The fourth-order valence-corrected chi connectivity index (χ4v) is 4.01. The van der Waals surface area contributed by atoms with Crippen LogP contribution in [-0.4, -0.2) is 57.9 Å². The number of ether oxygens (including phenoxy) is 1. The van der Waals surface area contributed by atoms with E-state index in [-0.39, 0.29) is 24.3 Å². The molecule has 1 aromatic carbocycles. The van der Waals surface area contributed by atoms with E-state index in [1.807, 2.05) is 21.9 Å². The van der Waals surface area contributed by atoms with Crippen LogP contribution in [0.2, 0.25) is 0 Å². The SMILES string of the molecule is Cc1nc(COc2ccccc2C(=O)N2CCC(C(=O)N3CCCC3)CC2)no1. The quantitative estimate of drug-likeness (QED) is 0.769. The summed E-state index contributed by atoms with van der Waals surface area (Å²) in [5, 5.41) is 3.81. The number of hydrogen-bond acceptors (Lipinski definition) is 6. The molecule has 2 fully saturated rings. The average molecular weight is 398 g/mol. The molecule has 2 saturated heterocycles. The molecule has 2 aliphatic rings. The van der Waals surface area contributed by atoms with Gasteiger partial charge in [-0.2, -0.15) is 4.98 Å². The van der Waals surface area contributed by atoms with Gasteiger partial charge in [0.2, 0.25) is 17.6 Å². The number of carbonyl (C=O) groups excluding carboxylic acids is 2. The summed E-state index contributed by atoms with van der Waals surface area (Å²) in [7, 11) is 0. The second kappa shape index (κ2) is 8.63. The third-order valence-corrected chi connectivity index (χ3v) is 5.59. The molecule has 3 heterocycles. The summed E-state index contributed by atoms with van der Waals surface area (Å²) in [5.74, 6) is 1.62. The zero-order valence-corrected chi connectivity index (χ0v) is 16.7. The molecule has 0 unspecified atom stereocenters. The number of aryl methyl sites for hydroxylation is 1. The molecule has 0 bridgehead atoms. The normalized spacial score (nSPS) is 17.6. The number of nitrogens with zero attached hydrogens (tertiary/aromatic N) is 4. The van der Waals surface area contributed by atoms with Crippen LogP contribution in [0.25, 0.3) is 0 Å². The van der Waals surface area contributed by atoms with Gasteiger partial charge in [0, 0.05) is 39.0 Å². The van der Waals surface area contributed by atoms with Crippen LogP contribution in [0.15, 0.2) is 28.8 Å². The molecule has 0 spiro atoms. The van der Waals surface area contributed by atoms with Gasteiger partial charge in [-0.1, -0.05) is 17.3 Å². The Bertz CT molecular complexity index is 867. The third-order valence-electron chi connectivity index (χ3n) is 5.59. The lowest BCUT2D eigenvalue weighted by molar-refractivity contribution is -0.135. The third kappa shape index (κ3) is 4.41. The zero-order chi connectivity index (χ0) is 20.2. The molecule has 2 aromatic rings. The molecule has 0 radical (unpaired) electrons. The molecular weight excluding hydrogens is 372 g/mol. The number of benzene rings is 1. The fourth-order valence-electron chi connectivity index (χ4n) is 4.01. The first-order chi connectivity index (χ1) is 14.1. The molecule has 2 amide bonds. The Kier molecular flexibility index (Phi) is 5.78. The predicted octanol–water partition coefficient (Wildman–Crippen LogP) is 2.43. The van der Waals surface area contributed by atoms with Crippen molar-refractivity contribution < 1.29 is 18.8 Å². The molecule has 4 rings (SSSR count). The topological polar surface area (TPSA) is 88.8 Å². The van der Waals surface area contributed by atoms with E-state index in [2.05, 4.69) is 10.1 Å². The van der Waals surface area contributed by atoms with E-state index in [4.69, 9.17) is 9.26 Å². The highest BCUT2D eigenvalue weighted by atomic mass is 16.5. The minimum atomic E-state index is -0.0723. The Labute approximate surface area is 169 Å². The van der Waals surface area contributed by atoms with Gasteiger partial charge in [0.15, 0.2) is 6.61 Å². The Morgan fingerprint density at radius 3 is 2.52 bits per heavy atom. The highest BCUT2D eigenvalue weighted by Crippen LogP contribution is 2.26. The summed E-state index contributed by atoms with van der Waals surface area (Å²) in [6.45, 7) is 4.77. The van der Waals surface area contributed by atoms with E-state index in [1.54, 1.807) is 19.1 Å². The maximum atomic E-state index is 13.1. The minimum Gasteiger partial charge on any atom is -0.485 e. The van der Waals surface area contributed by atoms with Gasteiger partial charge < -0.3 is 19.1 Å². The van der Waals surface area contributed by atoms with E-state index in [9.17, 15) is 9.59 Å². The predicted molar refractivity (Wildman–Crippen MR) is 104 cm³/mol. The van der Waals surface area contributed by atoms with Crippen LogP contribution in [0, 0.1) is 12.8 Å². The lowest BCUT2D eigenvalue weighted by Gasteiger charge is -2.33. The van der Waals surface area contributed by atoms with Crippen LogP contribution < -0.4 is 4.74 Å². The van der Waals surface area contributed by atoms with Crippen molar-refractivity contribution in [2.75, 3.05) is 26.2 Å². The Hall–Kier alpha value is -2.90. The first-order valence-corrected chi connectivity index (χ1v) is 10.2. The first-order valence-electron chi connectivity index (χ1n) is 10.2. The molecule has 29 heavy (non-hydrogen) atoms. The summed E-state index contributed by atoms with van der Waals surface area (Å²) in [5.41, 5.74) is 0.511. The van der Waals surface area contributed by atoms with E-state index in [0.29, 0.717) is 49.0 Å². The number of rotatable bonds is 5. The highest BCUT2D eigenvalue weighted by Gasteiger charge is 2.32. The highest BCUT2D eigenvalue weighted by molar-refractivity contribution is 5.97. The molecular formula is C21H26N4O4. The van der Waals surface area contributed by atoms with Crippen molar-refractivity contribution in [3.8, 4) is 5.75 Å². The van der Waals surface area contributed by atoms with Crippen LogP contribution in [0.4, 0.5) is 0 Å². The van der Waals surface area contributed by atoms with Gasteiger partial charge in [0.1, 0.15) is 5.75 Å². The molecule has 8 nitrogen and oxygen atoms in total. The smallest absolute Gasteiger partial charge is 0.257 e. The maximum absolute atomic E-state index is 13.1. The van der Waals surface area contributed by atoms with Gasteiger partial charge in [-0.05, 0) is 37.8 Å². The minimum absolute atomic E-state index is 0.0325. The molecule has 2 aliphatic heterocycles. The van der Waals surface area contributed by atoms with Crippen LogP contribution in [0.1, 0.15) is 47.8 Å². The molecule has 0 atom stereocenters. The van der Waals surface area contributed by atoms with Crippen molar-refractivity contribution in [1.82, 2.24) is 19.9 Å². The monoisotopic (exact) mass is 398 g/mol. The summed E-state index contributed by atoms with van der Waals surface area (Å²) < 4.78 is 10.7. The lowest BCUT2D eigenvalue weighted by atomic mass is 9.95. The van der Waals surface area contributed by atoms with Crippen molar-refractivity contribution in [3.05, 3.63) is 41.5 Å². The second-order valence-corrected chi connectivity index (χ2v) is 7.61. The van der Waals surface area contributed by atoms with E-state index in [1.165, 1.54) is 0 Å². The standard InChI is InChI=1S/C21H26N4O4/c1-15-22-19(23-29-15)14-28-18-7-3-2-6-17(18)21(27)25-12-8-16(9-13-25)20(26)24-10-4-5-11-24/h2-3,6-7,16H,4-5,8-14H2,1H3. The van der Waals surface area contributed by atoms with Crippen LogP contribution in [0.5, 0.6) is 5.75 Å². The Morgan fingerprint density at radius 1 is 1.10 bits per heavy atom. The number of aromatic nitrogens is 2. The number of para-hydroxylation sites is 1. The molecule has 0 N–H and O–H groups in total. The van der Waals surface area contributed by atoms with Gasteiger partial charge in [-0.3, -0.25) is 9.59 Å². The van der Waals surface area contributed by atoms with Gasteiger partial charge in [0.25, 0.3) is 5.91 Å². The van der Waals surface area contributed by atoms with Gasteiger partial charge >= 0.3 is 0 Å². The number of likely N-dealkylation sites (tertiary alicyclic amines) is 2. The molecule has 0 saturated carbocycles. The van der Waals surface area contributed by atoms with E-state index < -0.39 is 0 Å². The zero-order valence-electron chi connectivity index (χ0n) is 16.7. The number of carbonyl (C=O) groups is 2. The summed E-state index contributed by atoms with van der Waals surface area (Å²) in [6, 6.07) is 7.18. The fraction of sp³-hybridized carbons (Fsp3) is 0.524. The van der Waals surface area contributed by atoms with Crippen LogP contribution in [0.3, 0.4) is 0 Å². The van der Waals surface area contributed by atoms with Gasteiger partial charge in [-0.25, -0.2) is 0 Å². The van der Waals surface area contributed by atoms with E-state index in [0.717, 1.165) is 25.9 Å². The van der Waals surface area contributed by atoms with Crippen molar-refractivity contribution >= 4 is 11.8 Å². The number of hydrogen-bond donors (Lipinski definition) is 0. The largest absolute Gasteiger partial charge is 0.485 e. The Balaban J connectivity index is 1.36. The molecule has 154 valence electrons. The van der Waals surface area contributed by atoms with Gasteiger partial charge in [0.05, 0.1) is 5.56 Å². The summed E-state index contributed by atoms with van der Waals surface area (Å²) >= 11 is 0. The number of piperidine rings is 1. The van der Waals surface area contributed by atoms with Gasteiger partial charge in [-0.15, -0.1) is 0 Å². The average Bonchev–Trinajstić information content (AvgIpc) is 3.43. The second-order valence-electron chi connectivity index (χ2n) is 7.61. The Morgan fingerprint density at radius 2 is 1.83 bits per heavy atom. The first kappa shape index (κ1) is 19.4. The van der Waals surface area contributed by atoms with E-state index >= 15 is 0 Å². The molecule has 8 heteroatoms. The maximum Gasteiger partial charge on any atom is 0.257 e. The van der Waals surface area contributed by atoms with Crippen molar-refractivity contribution in [2.45, 2.75) is 39.2 Å². The summed E-state index contributed by atoms with van der Waals surface area (Å²) in [4.78, 5) is 33.6. The summed E-state index contributed by atoms with van der Waals surface area (Å²) in [6.07, 6.45) is 3.63. The molecule has 0 aliphatic carbocycles. The van der Waals surface area contributed by atoms with Crippen LogP contribution >= 0.6 is 0 Å². The number of amides is 2. The van der Waals surface area contributed by atoms with Crippen LogP contribution in [-0.2, 0) is 11.4 Å².